The third kappa shape index (κ3) is 6.87. The van der Waals surface area contributed by atoms with Crippen molar-refractivity contribution < 1.29 is 17.9 Å². The van der Waals surface area contributed by atoms with Gasteiger partial charge in [-0.05, 0) is 67.4 Å². The number of nitrogens with one attached hydrogen (secondary N) is 1. The number of carbonyl (C=O) groups is 1. The van der Waals surface area contributed by atoms with Crippen LogP contribution in [0.4, 0.5) is 5.82 Å². The number of carbonyl (C=O) groups excluding carboxylic acids is 1. The van der Waals surface area contributed by atoms with Gasteiger partial charge in [0.1, 0.15) is 35.3 Å². The number of aromatic nitrogens is 4. The number of sulfonamides is 1. The first kappa shape index (κ1) is 30.0. The number of hydrogen-bond donors (Lipinski definition) is 1. The predicted molar refractivity (Wildman–Crippen MR) is 170 cm³/mol. The molecular weight excluding hydrogens is 590 g/mol. The Bertz CT molecular complexity index is 1900. The highest BCUT2D eigenvalue weighted by atomic mass is 32.2. The molecule has 0 saturated carbocycles. The molecule has 0 atom stereocenters. The van der Waals surface area contributed by atoms with Crippen molar-refractivity contribution in [3.8, 4) is 17.3 Å². The molecule has 1 N–H and O–H groups in total. The van der Waals surface area contributed by atoms with Gasteiger partial charge < -0.3 is 14.5 Å². The van der Waals surface area contributed by atoms with E-state index in [1.54, 1.807) is 48.9 Å². The molecule has 3 heterocycles. The third-order valence-electron chi connectivity index (χ3n) is 7.72. The van der Waals surface area contributed by atoms with Crippen molar-refractivity contribution in [1.82, 2.24) is 29.1 Å². The van der Waals surface area contributed by atoms with Crippen LogP contribution in [-0.4, -0.2) is 64.9 Å². The normalized spacial score (nSPS) is 13.6. The number of ether oxygens (including phenoxy) is 1. The lowest BCUT2D eigenvalue weighted by Gasteiger charge is -2.35. The maximum Gasteiger partial charge on any atom is 0.253 e. The summed E-state index contributed by atoms with van der Waals surface area (Å²) >= 11 is 0. The summed E-state index contributed by atoms with van der Waals surface area (Å²) in [6.45, 7) is 6.35. The molecule has 0 unspecified atom stereocenters. The Kier molecular flexibility index (Phi) is 8.58. The van der Waals surface area contributed by atoms with Crippen LogP contribution in [0.3, 0.4) is 0 Å². The smallest absolute Gasteiger partial charge is 0.253 e. The van der Waals surface area contributed by atoms with Crippen LogP contribution in [0.15, 0.2) is 102 Å². The van der Waals surface area contributed by atoms with E-state index in [0.717, 1.165) is 28.6 Å². The number of para-hydroxylation sites is 1. The van der Waals surface area contributed by atoms with Crippen LogP contribution in [0.1, 0.15) is 27.3 Å². The van der Waals surface area contributed by atoms with Gasteiger partial charge in [0.2, 0.25) is 10.0 Å². The van der Waals surface area contributed by atoms with Crippen LogP contribution in [0.2, 0.25) is 0 Å². The van der Waals surface area contributed by atoms with Crippen molar-refractivity contribution in [2.75, 3.05) is 31.1 Å². The van der Waals surface area contributed by atoms with E-state index in [4.69, 9.17) is 4.74 Å². The molecule has 45 heavy (non-hydrogen) atoms. The quantitative estimate of drug-likeness (QED) is 0.255. The largest absolute Gasteiger partial charge is 0.457 e. The van der Waals surface area contributed by atoms with Gasteiger partial charge in [-0.2, -0.15) is 0 Å². The Balaban J connectivity index is 1.01. The average molecular weight is 624 g/mol. The molecule has 230 valence electrons. The van der Waals surface area contributed by atoms with Crippen molar-refractivity contribution in [2.45, 2.75) is 25.3 Å². The summed E-state index contributed by atoms with van der Waals surface area (Å²) in [7, 11) is -3.74. The fourth-order valence-corrected chi connectivity index (χ4v) is 6.11. The lowest BCUT2D eigenvalue weighted by Crippen LogP contribution is -2.49. The standard InChI is InChI=1S/C33H33N7O4S/c1-24-5-3-4-6-30(24)44-28-11-13-29(14-12-28)45(42,43)37-22-26-7-9-27(10-8-26)33(41)39-19-17-38(18-20-39)31-21-32(36-23-35-31)40-16-15-34-25(40)2/h3-16,21,23,37H,17-20,22H2,1-2H3. The molecule has 0 radical (unpaired) electrons. The van der Waals surface area contributed by atoms with Gasteiger partial charge in [-0.25, -0.2) is 28.1 Å². The molecule has 6 rings (SSSR count). The Morgan fingerprint density at radius 2 is 1.58 bits per heavy atom. The number of anilines is 1. The molecule has 1 aliphatic rings. The van der Waals surface area contributed by atoms with Crippen LogP contribution in [-0.2, 0) is 16.6 Å². The van der Waals surface area contributed by atoms with Gasteiger partial charge in [-0.1, -0.05) is 30.3 Å². The number of imidazole rings is 1. The number of rotatable bonds is 9. The minimum atomic E-state index is -3.74. The van der Waals surface area contributed by atoms with Crippen LogP contribution < -0.4 is 14.4 Å². The number of hydrogen-bond acceptors (Lipinski definition) is 8. The predicted octanol–water partition coefficient (Wildman–Crippen LogP) is 4.51. The molecule has 1 aliphatic heterocycles. The first-order valence-corrected chi connectivity index (χ1v) is 16.0. The maximum atomic E-state index is 13.2. The first-order chi connectivity index (χ1) is 21.8. The van der Waals surface area contributed by atoms with E-state index in [-0.39, 0.29) is 17.3 Å². The van der Waals surface area contributed by atoms with Gasteiger partial charge in [0.15, 0.2) is 0 Å². The van der Waals surface area contributed by atoms with E-state index >= 15 is 0 Å². The van der Waals surface area contributed by atoms with Crippen molar-refractivity contribution in [1.29, 1.82) is 0 Å². The second-order valence-corrected chi connectivity index (χ2v) is 12.5. The van der Waals surface area contributed by atoms with Gasteiger partial charge in [-0.15, -0.1) is 0 Å². The molecule has 12 heteroatoms. The molecule has 0 spiro atoms. The van der Waals surface area contributed by atoms with Gasteiger partial charge in [0.25, 0.3) is 5.91 Å². The van der Waals surface area contributed by atoms with Crippen LogP contribution in [0, 0.1) is 13.8 Å². The Labute approximate surface area is 262 Å². The number of benzene rings is 3. The van der Waals surface area contributed by atoms with Crippen LogP contribution in [0.5, 0.6) is 11.5 Å². The van der Waals surface area contributed by atoms with E-state index in [9.17, 15) is 13.2 Å². The highest BCUT2D eigenvalue weighted by Crippen LogP contribution is 2.26. The Morgan fingerprint density at radius 3 is 2.27 bits per heavy atom. The average Bonchev–Trinajstić information content (AvgIpc) is 3.51. The Morgan fingerprint density at radius 1 is 0.867 bits per heavy atom. The summed E-state index contributed by atoms with van der Waals surface area (Å²) in [5.41, 5.74) is 2.28. The number of aryl methyl sites for hydroxylation is 2. The molecule has 2 aromatic heterocycles. The van der Waals surface area contributed by atoms with Crippen molar-refractivity contribution >= 4 is 21.7 Å². The zero-order valence-electron chi connectivity index (χ0n) is 25.0. The molecule has 0 bridgehead atoms. The van der Waals surface area contributed by atoms with E-state index in [0.29, 0.717) is 43.2 Å². The van der Waals surface area contributed by atoms with Crippen molar-refractivity contribution in [2.24, 2.45) is 0 Å². The summed E-state index contributed by atoms with van der Waals surface area (Å²) in [5, 5.41) is 0. The summed E-state index contributed by atoms with van der Waals surface area (Å²) in [5.74, 6) is 3.60. The highest BCUT2D eigenvalue weighted by Gasteiger charge is 2.23. The van der Waals surface area contributed by atoms with Crippen LogP contribution in [0.25, 0.3) is 5.82 Å². The summed E-state index contributed by atoms with van der Waals surface area (Å²) < 4.78 is 36.2. The molecular formula is C33H33N7O4S. The maximum absolute atomic E-state index is 13.2. The Hall–Kier alpha value is -5.07. The fraction of sp³-hybridized carbons (Fsp3) is 0.212. The van der Waals surface area contributed by atoms with Gasteiger partial charge in [-0.3, -0.25) is 9.36 Å². The first-order valence-electron chi connectivity index (χ1n) is 14.6. The van der Waals surface area contributed by atoms with Crippen molar-refractivity contribution in [3.63, 3.8) is 0 Å². The minimum absolute atomic E-state index is 0.0628. The summed E-state index contributed by atoms with van der Waals surface area (Å²) in [6.07, 6.45) is 5.14. The second-order valence-electron chi connectivity index (χ2n) is 10.7. The molecule has 3 aromatic carbocycles. The van der Waals surface area contributed by atoms with Gasteiger partial charge >= 0.3 is 0 Å². The molecule has 5 aromatic rings. The molecule has 1 saturated heterocycles. The van der Waals surface area contributed by atoms with E-state index < -0.39 is 10.0 Å². The van der Waals surface area contributed by atoms with E-state index in [1.165, 1.54) is 12.1 Å². The summed E-state index contributed by atoms with van der Waals surface area (Å²) in [6, 6.07) is 22.9. The topological polar surface area (TPSA) is 123 Å². The number of amides is 1. The highest BCUT2D eigenvalue weighted by molar-refractivity contribution is 7.89. The zero-order chi connectivity index (χ0) is 31.4. The lowest BCUT2D eigenvalue weighted by molar-refractivity contribution is 0.0746. The minimum Gasteiger partial charge on any atom is -0.457 e. The van der Waals surface area contributed by atoms with Gasteiger partial charge in [0.05, 0.1) is 4.90 Å². The van der Waals surface area contributed by atoms with E-state index in [1.807, 2.05) is 59.8 Å². The third-order valence-corrected chi connectivity index (χ3v) is 9.14. The van der Waals surface area contributed by atoms with E-state index in [2.05, 4.69) is 24.6 Å². The summed E-state index contributed by atoms with van der Waals surface area (Å²) in [4.78, 5) is 30.4. The van der Waals surface area contributed by atoms with Gasteiger partial charge in [0, 0.05) is 56.7 Å². The van der Waals surface area contributed by atoms with Crippen molar-refractivity contribution in [3.05, 3.63) is 120 Å². The lowest BCUT2D eigenvalue weighted by atomic mass is 10.1. The van der Waals surface area contributed by atoms with Crippen LogP contribution >= 0.6 is 0 Å². The molecule has 1 amide bonds. The second kappa shape index (κ2) is 12.9. The molecule has 11 nitrogen and oxygen atoms in total. The monoisotopic (exact) mass is 623 g/mol. The zero-order valence-corrected chi connectivity index (χ0v) is 25.8. The number of piperazine rings is 1. The number of nitrogens with zero attached hydrogens (tertiary/aromatic N) is 6. The molecule has 0 aliphatic carbocycles. The SMILES string of the molecule is Cc1ccccc1Oc1ccc(S(=O)(=O)NCc2ccc(C(=O)N3CCN(c4cc(-n5ccnc5C)ncn4)CC3)cc2)cc1. The molecule has 1 fully saturated rings. The fourth-order valence-electron chi connectivity index (χ4n) is 5.09.